The molecule has 0 aromatic rings. The summed E-state index contributed by atoms with van der Waals surface area (Å²) in [6.45, 7) is 0. The van der Waals surface area contributed by atoms with Crippen molar-refractivity contribution in [2.75, 3.05) is 0 Å². The molecule has 7 nitrogen and oxygen atoms in total. The van der Waals surface area contributed by atoms with E-state index in [0.717, 1.165) is 0 Å². The maximum absolute atomic E-state index is 9.55. The predicted molar refractivity (Wildman–Crippen MR) is 20.7 cm³/mol. The summed E-state index contributed by atoms with van der Waals surface area (Å²) in [4.78, 5) is 34.1. The second-order valence-corrected chi connectivity index (χ2v) is 3.55. The molecule has 0 heterocycles. The van der Waals surface area contributed by atoms with E-state index in [9.17, 15) is 18.9 Å². The van der Waals surface area contributed by atoms with Crippen molar-refractivity contribution >= 4 is 15.6 Å². The Labute approximate surface area is 68.6 Å². The van der Waals surface area contributed by atoms with E-state index < -0.39 is 15.6 Å². The predicted octanol–water partition coefficient (Wildman–Crippen LogP) is -2.08. The van der Waals surface area contributed by atoms with Gasteiger partial charge in [-0.1, -0.05) is 0 Å². The molecule has 0 aliphatic carbocycles. The van der Waals surface area contributed by atoms with Crippen LogP contribution in [0, 0.1) is 0 Å². The Kier molecular flexibility index (Phi) is 5.45. The van der Waals surface area contributed by atoms with Gasteiger partial charge in [-0.25, -0.2) is 4.57 Å². The summed E-state index contributed by atoms with van der Waals surface area (Å²) >= 11 is 0. The van der Waals surface area contributed by atoms with Crippen molar-refractivity contribution < 1.29 is 52.5 Å². The van der Waals surface area contributed by atoms with Crippen molar-refractivity contribution in [3.05, 3.63) is 0 Å². The molecule has 0 fully saturated rings. The van der Waals surface area contributed by atoms with E-state index in [1.807, 2.05) is 0 Å². The molecule has 0 aromatic heterocycles. The zero-order chi connectivity index (χ0) is 7.71. The minimum Gasteiger partial charge on any atom is -0.789 e. The van der Waals surface area contributed by atoms with Gasteiger partial charge in [0.05, 0.1) is 7.82 Å². The SMILES string of the molecule is O=P([O-])([O-])OP(=O)(O)O.[Zn+2]. The Morgan fingerprint density at radius 2 is 1.50 bits per heavy atom. The van der Waals surface area contributed by atoms with Crippen molar-refractivity contribution in [2.45, 2.75) is 0 Å². The Balaban J connectivity index is 0. The van der Waals surface area contributed by atoms with Crippen LogP contribution < -0.4 is 9.79 Å². The van der Waals surface area contributed by atoms with Crippen LogP contribution in [0.4, 0.5) is 0 Å². The third kappa shape index (κ3) is 11.7. The molecule has 0 amide bonds. The maximum atomic E-state index is 9.55. The Hall–Kier alpha value is 0.883. The van der Waals surface area contributed by atoms with Crippen molar-refractivity contribution in [3.8, 4) is 0 Å². The number of hydrogen-bond donors (Lipinski definition) is 2. The molecule has 56 valence electrons. The first-order valence-corrected chi connectivity index (χ1v) is 4.49. The van der Waals surface area contributed by atoms with Crippen LogP contribution in [0.5, 0.6) is 0 Å². The fourth-order valence-electron chi connectivity index (χ4n) is 0.130. The number of rotatable bonds is 2. The summed E-state index contributed by atoms with van der Waals surface area (Å²) in [5.41, 5.74) is 0. The molecular formula is H2O7P2Zn. The van der Waals surface area contributed by atoms with Crippen molar-refractivity contribution in [3.63, 3.8) is 0 Å². The standard InChI is InChI=1S/H4O7P2.Zn/c1-8(2,3)7-9(4,5)6;/h(H2,1,2,3)(H2,4,5,6);/q;+2/p-2. The van der Waals surface area contributed by atoms with Gasteiger partial charge in [-0.3, -0.25) is 4.31 Å². The third-order valence-corrected chi connectivity index (χ3v) is 1.86. The number of hydrogen-bond acceptors (Lipinski definition) is 5. The molecule has 0 rings (SSSR count). The molecule has 0 aromatic carbocycles. The van der Waals surface area contributed by atoms with Gasteiger partial charge < -0.3 is 24.1 Å². The second kappa shape index (κ2) is 4.05. The molecule has 0 atom stereocenters. The van der Waals surface area contributed by atoms with Crippen LogP contribution in [-0.4, -0.2) is 9.79 Å². The smallest absolute Gasteiger partial charge is 0.789 e. The van der Waals surface area contributed by atoms with Gasteiger partial charge in [-0.15, -0.1) is 0 Å². The molecule has 0 radical (unpaired) electrons. The zero-order valence-corrected chi connectivity index (χ0v) is 9.29. The van der Waals surface area contributed by atoms with Crippen LogP contribution in [-0.2, 0) is 32.9 Å². The van der Waals surface area contributed by atoms with Gasteiger partial charge in [-0.2, -0.15) is 0 Å². The van der Waals surface area contributed by atoms with Crippen LogP contribution in [0.3, 0.4) is 0 Å². The van der Waals surface area contributed by atoms with E-state index in [-0.39, 0.29) is 19.5 Å². The summed E-state index contributed by atoms with van der Waals surface area (Å²) in [5, 5.41) is 0. The molecule has 0 unspecified atom stereocenters. The first kappa shape index (κ1) is 13.5. The minimum atomic E-state index is -5.55. The summed E-state index contributed by atoms with van der Waals surface area (Å²) in [6, 6.07) is 0. The summed E-state index contributed by atoms with van der Waals surface area (Å²) < 4.78 is 21.7. The normalized spacial score (nSPS) is 12.4. The first-order valence-electron chi connectivity index (χ1n) is 1.50. The van der Waals surface area contributed by atoms with Crippen LogP contribution >= 0.6 is 15.6 Å². The van der Waals surface area contributed by atoms with Gasteiger partial charge in [0.1, 0.15) is 0 Å². The second-order valence-electron chi connectivity index (χ2n) is 1.02. The summed E-state index contributed by atoms with van der Waals surface area (Å²) in [6.07, 6.45) is 0. The van der Waals surface area contributed by atoms with Gasteiger partial charge in [0, 0.05) is 0 Å². The van der Waals surface area contributed by atoms with Gasteiger partial charge >= 0.3 is 27.3 Å². The van der Waals surface area contributed by atoms with E-state index in [1.54, 1.807) is 0 Å². The minimum absolute atomic E-state index is 0. The van der Waals surface area contributed by atoms with Gasteiger partial charge in [0.25, 0.3) is 0 Å². The van der Waals surface area contributed by atoms with Crippen LogP contribution in [0.15, 0.2) is 0 Å². The molecule has 0 saturated heterocycles. The van der Waals surface area contributed by atoms with Crippen LogP contribution in [0.25, 0.3) is 0 Å². The topological polar surface area (TPSA) is 130 Å². The van der Waals surface area contributed by atoms with E-state index in [0.29, 0.717) is 0 Å². The summed E-state index contributed by atoms with van der Waals surface area (Å²) in [5.74, 6) is 0. The third-order valence-electron chi connectivity index (χ3n) is 0.206. The molecule has 0 bridgehead atoms. The molecule has 10 heavy (non-hydrogen) atoms. The van der Waals surface area contributed by atoms with E-state index in [2.05, 4.69) is 4.31 Å². The Bertz CT molecular complexity index is 152. The fraction of sp³-hybridized carbons (Fsp3) is 0. The molecule has 10 heteroatoms. The average molecular weight is 241 g/mol. The summed E-state index contributed by atoms with van der Waals surface area (Å²) in [7, 11) is -10.7. The van der Waals surface area contributed by atoms with E-state index in [4.69, 9.17) is 9.79 Å². The van der Waals surface area contributed by atoms with Gasteiger partial charge in [0.2, 0.25) is 0 Å². The maximum Gasteiger partial charge on any atom is 2.00 e. The van der Waals surface area contributed by atoms with Crippen molar-refractivity contribution in [2.24, 2.45) is 0 Å². The Morgan fingerprint density at radius 1 is 1.20 bits per heavy atom. The largest absolute Gasteiger partial charge is 2.00 e. The molecule has 0 spiro atoms. The van der Waals surface area contributed by atoms with Crippen LogP contribution in [0.1, 0.15) is 0 Å². The van der Waals surface area contributed by atoms with Crippen molar-refractivity contribution in [1.29, 1.82) is 0 Å². The molecule has 0 aliphatic rings. The zero-order valence-electron chi connectivity index (χ0n) is 4.54. The quantitative estimate of drug-likeness (QED) is 0.419. The van der Waals surface area contributed by atoms with Crippen molar-refractivity contribution in [1.82, 2.24) is 0 Å². The van der Waals surface area contributed by atoms with E-state index in [1.165, 1.54) is 0 Å². The molecular weight excluding hydrogens is 239 g/mol. The molecule has 0 saturated carbocycles. The molecule has 2 N–H and O–H groups in total. The molecule has 0 aliphatic heterocycles. The Morgan fingerprint density at radius 3 is 1.50 bits per heavy atom. The fourth-order valence-corrected chi connectivity index (χ4v) is 1.17. The first-order chi connectivity index (χ1) is 3.71. The number of phosphoric acid groups is 2. The van der Waals surface area contributed by atoms with E-state index >= 15 is 0 Å². The monoisotopic (exact) mass is 240 g/mol. The average Bonchev–Trinajstić information content (AvgIpc) is 1.14. The van der Waals surface area contributed by atoms with Gasteiger partial charge in [-0.05, 0) is 0 Å². The van der Waals surface area contributed by atoms with Crippen LogP contribution in [0.2, 0.25) is 0 Å². The van der Waals surface area contributed by atoms with Gasteiger partial charge in [0.15, 0.2) is 0 Å².